The van der Waals surface area contributed by atoms with Crippen molar-refractivity contribution in [3.8, 4) is 0 Å². The monoisotopic (exact) mass is 264 g/mol. The highest BCUT2D eigenvalue weighted by molar-refractivity contribution is 6.30. The summed E-state index contributed by atoms with van der Waals surface area (Å²) < 4.78 is 41.6. The van der Waals surface area contributed by atoms with Crippen molar-refractivity contribution in [2.24, 2.45) is 0 Å². The summed E-state index contributed by atoms with van der Waals surface area (Å²) in [4.78, 5) is 0. The van der Waals surface area contributed by atoms with Crippen LogP contribution >= 0.6 is 11.6 Å². The van der Waals surface area contributed by atoms with E-state index in [2.05, 4.69) is 0 Å². The third-order valence-electron chi connectivity index (χ3n) is 2.82. The summed E-state index contributed by atoms with van der Waals surface area (Å²) in [6.07, 6.45) is -4.63. The summed E-state index contributed by atoms with van der Waals surface area (Å²) in [7, 11) is 0. The van der Waals surface area contributed by atoms with Crippen molar-refractivity contribution in [1.82, 2.24) is 0 Å². The molecule has 1 aliphatic rings. The molecule has 17 heavy (non-hydrogen) atoms. The first-order valence-electron chi connectivity index (χ1n) is 5.42. The second-order valence-electron chi connectivity index (χ2n) is 4.15. The van der Waals surface area contributed by atoms with Crippen LogP contribution in [0.2, 0.25) is 5.02 Å². The number of rotatable bonds is 3. The molecule has 1 aliphatic heterocycles. The molecule has 5 heteroatoms. The van der Waals surface area contributed by atoms with Gasteiger partial charge in [0.15, 0.2) is 0 Å². The summed E-state index contributed by atoms with van der Waals surface area (Å²) >= 11 is 5.86. The Morgan fingerprint density at radius 1 is 1.35 bits per heavy atom. The highest BCUT2D eigenvalue weighted by Crippen LogP contribution is 2.36. The third kappa shape index (κ3) is 3.36. The minimum atomic E-state index is -4.09. The van der Waals surface area contributed by atoms with Crippen LogP contribution in [0.4, 0.5) is 13.2 Å². The quantitative estimate of drug-likeness (QED) is 0.772. The first-order chi connectivity index (χ1) is 7.96. The lowest BCUT2D eigenvalue weighted by atomic mass is 10.0. The van der Waals surface area contributed by atoms with Crippen LogP contribution in [0.25, 0.3) is 0 Å². The maximum Gasteiger partial charge on any atom is 0.389 e. The molecular weight excluding hydrogens is 253 g/mol. The Balaban J connectivity index is 1.95. The molecule has 0 saturated heterocycles. The lowest BCUT2D eigenvalue weighted by molar-refractivity contribution is -0.136. The Bertz CT molecular complexity index is 403. The van der Waals surface area contributed by atoms with Gasteiger partial charge in [0.1, 0.15) is 0 Å². The van der Waals surface area contributed by atoms with E-state index in [0.717, 1.165) is 11.1 Å². The van der Waals surface area contributed by atoms with E-state index >= 15 is 0 Å². The van der Waals surface area contributed by atoms with Gasteiger partial charge in [-0.15, -0.1) is 0 Å². The standard InChI is InChI=1S/C12H12ClF3O/c13-9-4-3-8-7-17-11(10(8)6-9)2-1-5-12(14,15)16/h3-4,6,11H,1-2,5,7H2. The van der Waals surface area contributed by atoms with Crippen LogP contribution in [0.3, 0.4) is 0 Å². The molecule has 0 N–H and O–H groups in total. The molecule has 1 nitrogen and oxygen atoms in total. The molecule has 0 spiro atoms. The maximum atomic E-state index is 12.0. The van der Waals surface area contributed by atoms with Gasteiger partial charge in [-0.05, 0) is 36.1 Å². The van der Waals surface area contributed by atoms with Gasteiger partial charge in [-0.3, -0.25) is 0 Å². The molecule has 0 saturated carbocycles. The predicted molar refractivity (Wildman–Crippen MR) is 58.9 cm³/mol. The number of halogens is 4. The van der Waals surface area contributed by atoms with Crippen LogP contribution in [0.1, 0.15) is 36.5 Å². The van der Waals surface area contributed by atoms with Gasteiger partial charge in [-0.2, -0.15) is 13.2 Å². The lowest BCUT2D eigenvalue weighted by Gasteiger charge is -2.12. The van der Waals surface area contributed by atoms with Crippen LogP contribution < -0.4 is 0 Å². The van der Waals surface area contributed by atoms with Crippen molar-refractivity contribution in [2.45, 2.75) is 38.1 Å². The molecule has 0 amide bonds. The van der Waals surface area contributed by atoms with Gasteiger partial charge in [0.25, 0.3) is 0 Å². The number of benzene rings is 1. The van der Waals surface area contributed by atoms with E-state index in [0.29, 0.717) is 18.1 Å². The molecule has 1 unspecified atom stereocenters. The van der Waals surface area contributed by atoms with Gasteiger partial charge in [0.05, 0.1) is 12.7 Å². The van der Waals surface area contributed by atoms with E-state index in [1.54, 1.807) is 12.1 Å². The average molecular weight is 265 g/mol. The maximum absolute atomic E-state index is 12.0. The minimum absolute atomic E-state index is 0.0835. The van der Waals surface area contributed by atoms with E-state index in [1.807, 2.05) is 6.07 Å². The normalized spacial score (nSPS) is 19.4. The van der Waals surface area contributed by atoms with Crippen molar-refractivity contribution in [3.05, 3.63) is 34.3 Å². The first kappa shape index (κ1) is 12.7. The van der Waals surface area contributed by atoms with Gasteiger partial charge in [0.2, 0.25) is 0 Å². The second-order valence-corrected chi connectivity index (χ2v) is 4.59. The van der Waals surface area contributed by atoms with Crippen molar-refractivity contribution in [3.63, 3.8) is 0 Å². The highest BCUT2D eigenvalue weighted by Gasteiger charge is 2.29. The molecule has 0 bridgehead atoms. The second kappa shape index (κ2) is 4.86. The van der Waals surface area contributed by atoms with E-state index < -0.39 is 12.6 Å². The van der Waals surface area contributed by atoms with Crippen molar-refractivity contribution >= 4 is 11.6 Å². The van der Waals surface area contributed by atoms with Crippen LogP contribution in [0, 0.1) is 0 Å². The van der Waals surface area contributed by atoms with Gasteiger partial charge < -0.3 is 4.74 Å². The summed E-state index contributed by atoms with van der Waals surface area (Å²) in [5.74, 6) is 0. The lowest BCUT2D eigenvalue weighted by Crippen LogP contribution is -2.07. The van der Waals surface area contributed by atoms with Crippen LogP contribution in [-0.4, -0.2) is 6.18 Å². The number of hydrogen-bond donors (Lipinski definition) is 0. The number of hydrogen-bond acceptors (Lipinski definition) is 1. The Kier molecular flexibility index (Phi) is 3.64. The van der Waals surface area contributed by atoms with E-state index in [4.69, 9.17) is 16.3 Å². The molecule has 0 fully saturated rings. The van der Waals surface area contributed by atoms with Gasteiger partial charge in [-0.1, -0.05) is 17.7 Å². The predicted octanol–water partition coefficient (Wildman–Crippen LogP) is 4.64. The molecule has 2 rings (SSSR count). The molecule has 1 heterocycles. The minimum Gasteiger partial charge on any atom is -0.369 e. The Labute approximate surface area is 103 Å². The summed E-state index contributed by atoms with van der Waals surface area (Å²) in [6.45, 7) is 0.461. The first-order valence-corrected chi connectivity index (χ1v) is 5.80. The zero-order chi connectivity index (χ0) is 12.5. The molecule has 1 atom stereocenters. The molecule has 94 valence electrons. The fourth-order valence-corrected chi connectivity index (χ4v) is 2.18. The van der Waals surface area contributed by atoms with Crippen molar-refractivity contribution in [1.29, 1.82) is 0 Å². The van der Waals surface area contributed by atoms with Gasteiger partial charge >= 0.3 is 6.18 Å². The molecular formula is C12H12ClF3O. The Hall–Kier alpha value is -0.740. The molecule has 0 radical (unpaired) electrons. The third-order valence-corrected chi connectivity index (χ3v) is 3.06. The molecule has 1 aromatic rings. The Morgan fingerprint density at radius 2 is 2.12 bits per heavy atom. The van der Waals surface area contributed by atoms with Crippen LogP contribution in [-0.2, 0) is 11.3 Å². The van der Waals surface area contributed by atoms with Crippen molar-refractivity contribution < 1.29 is 17.9 Å². The summed E-state index contributed by atoms with van der Waals surface area (Å²) in [6, 6.07) is 5.41. The SMILES string of the molecule is FC(F)(F)CCCC1OCc2ccc(Cl)cc21. The zero-order valence-electron chi connectivity index (χ0n) is 9.06. The fourth-order valence-electron chi connectivity index (χ4n) is 2.00. The number of fused-ring (bicyclic) bond motifs is 1. The summed E-state index contributed by atoms with van der Waals surface area (Å²) in [5, 5.41) is 0.593. The van der Waals surface area contributed by atoms with Crippen LogP contribution in [0.5, 0.6) is 0 Å². The number of alkyl halides is 3. The molecule has 1 aromatic carbocycles. The van der Waals surface area contributed by atoms with E-state index in [-0.39, 0.29) is 12.5 Å². The topological polar surface area (TPSA) is 9.23 Å². The fraction of sp³-hybridized carbons (Fsp3) is 0.500. The number of ether oxygens (including phenoxy) is 1. The van der Waals surface area contributed by atoms with Crippen LogP contribution in [0.15, 0.2) is 18.2 Å². The highest BCUT2D eigenvalue weighted by atomic mass is 35.5. The molecule has 0 aliphatic carbocycles. The molecule has 0 aromatic heterocycles. The van der Waals surface area contributed by atoms with E-state index in [1.165, 1.54) is 0 Å². The average Bonchev–Trinajstić information content (AvgIpc) is 2.59. The Morgan fingerprint density at radius 3 is 2.82 bits per heavy atom. The summed E-state index contributed by atoms with van der Waals surface area (Å²) in [5.41, 5.74) is 1.95. The largest absolute Gasteiger partial charge is 0.389 e. The zero-order valence-corrected chi connectivity index (χ0v) is 9.81. The van der Waals surface area contributed by atoms with E-state index in [9.17, 15) is 13.2 Å². The van der Waals surface area contributed by atoms with Crippen molar-refractivity contribution in [2.75, 3.05) is 0 Å². The van der Waals surface area contributed by atoms with Gasteiger partial charge in [-0.25, -0.2) is 0 Å². The van der Waals surface area contributed by atoms with Gasteiger partial charge in [0, 0.05) is 11.4 Å². The smallest absolute Gasteiger partial charge is 0.369 e.